The summed E-state index contributed by atoms with van der Waals surface area (Å²) >= 11 is 0. The lowest BCUT2D eigenvalue weighted by Gasteiger charge is -2.35. The van der Waals surface area contributed by atoms with Crippen LogP contribution in [-0.2, 0) is 16.0 Å². The minimum absolute atomic E-state index is 0.0600. The molecule has 2 saturated heterocycles. The summed E-state index contributed by atoms with van der Waals surface area (Å²) in [4.78, 5) is 24.4. The molecule has 1 amide bonds. The van der Waals surface area contributed by atoms with Gasteiger partial charge in [0.05, 0.1) is 30.5 Å². The number of cyclic esters (lactones) is 1. The van der Waals surface area contributed by atoms with Crippen LogP contribution in [0.5, 0.6) is 0 Å². The zero-order chi connectivity index (χ0) is 24.4. The average Bonchev–Trinajstić information content (AvgIpc) is 3.16. The number of anilines is 2. The molecule has 1 aromatic carbocycles. The lowest BCUT2D eigenvalue weighted by molar-refractivity contribution is -0.0704. The Hall–Kier alpha value is -2.78. The van der Waals surface area contributed by atoms with Gasteiger partial charge in [0.2, 0.25) is 5.95 Å². The second kappa shape index (κ2) is 10.2. The number of hydrogen-bond donors (Lipinski definition) is 1. The Balaban J connectivity index is 1.43. The van der Waals surface area contributed by atoms with E-state index in [1.807, 2.05) is 20.8 Å². The number of rotatable bonds is 7. The van der Waals surface area contributed by atoms with E-state index in [9.17, 15) is 9.18 Å². The zero-order valence-electron chi connectivity index (χ0n) is 20.5. The molecule has 2 aliphatic rings. The fraction of sp³-hybridized carbons (Fsp3) is 0.560. The Morgan fingerprint density at radius 3 is 2.47 bits per heavy atom. The SMILES string of the molecule is CC1CN(Cc2ccc(C(C)Nc3ncc(F)c(N4C(=O)OCC4C(C)C)n3)cc2)CC(C)O1. The van der Waals surface area contributed by atoms with Gasteiger partial charge in [-0.05, 0) is 37.8 Å². The summed E-state index contributed by atoms with van der Waals surface area (Å²) in [6.07, 6.45) is 0.987. The van der Waals surface area contributed by atoms with Gasteiger partial charge in [-0.2, -0.15) is 4.98 Å². The molecule has 0 saturated carbocycles. The van der Waals surface area contributed by atoms with Crippen molar-refractivity contribution in [2.24, 2.45) is 5.92 Å². The third-order valence-corrected chi connectivity index (χ3v) is 6.36. The molecule has 0 radical (unpaired) electrons. The van der Waals surface area contributed by atoms with Crippen LogP contribution in [0.15, 0.2) is 30.5 Å². The molecule has 9 heteroatoms. The van der Waals surface area contributed by atoms with Gasteiger partial charge in [-0.25, -0.2) is 14.2 Å². The van der Waals surface area contributed by atoms with Gasteiger partial charge >= 0.3 is 6.09 Å². The molecule has 2 aliphatic heterocycles. The maximum absolute atomic E-state index is 14.6. The van der Waals surface area contributed by atoms with E-state index in [1.165, 1.54) is 10.5 Å². The van der Waals surface area contributed by atoms with Gasteiger partial charge in [-0.3, -0.25) is 9.80 Å². The van der Waals surface area contributed by atoms with Gasteiger partial charge < -0.3 is 14.8 Å². The number of nitrogens with zero attached hydrogens (tertiary/aromatic N) is 4. The molecule has 3 heterocycles. The molecular formula is C25H34FN5O3. The van der Waals surface area contributed by atoms with Crippen LogP contribution in [-0.4, -0.2) is 58.9 Å². The van der Waals surface area contributed by atoms with E-state index in [4.69, 9.17) is 9.47 Å². The lowest BCUT2D eigenvalue weighted by atomic mass is 10.0. The van der Waals surface area contributed by atoms with Crippen molar-refractivity contribution < 1.29 is 18.7 Å². The molecule has 0 bridgehead atoms. The van der Waals surface area contributed by atoms with Gasteiger partial charge in [0.15, 0.2) is 11.6 Å². The van der Waals surface area contributed by atoms with Gasteiger partial charge in [-0.1, -0.05) is 38.1 Å². The Kier molecular flexibility index (Phi) is 7.33. The molecule has 184 valence electrons. The van der Waals surface area contributed by atoms with E-state index >= 15 is 0 Å². The van der Waals surface area contributed by atoms with Crippen molar-refractivity contribution in [1.82, 2.24) is 14.9 Å². The quantitative estimate of drug-likeness (QED) is 0.642. The maximum Gasteiger partial charge on any atom is 0.416 e. The molecule has 4 unspecified atom stereocenters. The summed E-state index contributed by atoms with van der Waals surface area (Å²) in [5.74, 6) is -0.362. The van der Waals surface area contributed by atoms with Crippen LogP contribution in [0.3, 0.4) is 0 Å². The van der Waals surface area contributed by atoms with Gasteiger partial charge in [0.1, 0.15) is 6.61 Å². The van der Waals surface area contributed by atoms with Crippen molar-refractivity contribution in [2.45, 2.75) is 65.5 Å². The summed E-state index contributed by atoms with van der Waals surface area (Å²) in [7, 11) is 0. The van der Waals surface area contributed by atoms with Crippen LogP contribution in [0.1, 0.15) is 51.8 Å². The number of halogens is 1. The highest BCUT2D eigenvalue weighted by Gasteiger charge is 2.38. The number of carbonyl (C=O) groups is 1. The van der Waals surface area contributed by atoms with Crippen molar-refractivity contribution in [3.8, 4) is 0 Å². The number of nitrogens with one attached hydrogen (secondary N) is 1. The van der Waals surface area contributed by atoms with E-state index in [0.717, 1.165) is 31.4 Å². The number of hydrogen-bond acceptors (Lipinski definition) is 7. The predicted molar refractivity (Wildman–Crippen MR) is 128 cm³/mol. The zero-order valence-corrected chi connectivity index (χ0v) is 20.5. The van der Waals surface area contributed by atoms with E-state index < -0.39 is 11.9 Å². The van der Waals surface area contributed by atoms with Crippen molar-refractivity contribution in [3.63, 3.8) is 0 Å². The number of aromatic nitrogens is 2. The number of carbonyl (C=O) groups excluding carboxylic acids is 1. The molecule has 0 spiro atoms. The highest BCUT2D eigenvalue weighted by molar-refractivity contribution is 5.89. The molecule has 1 N–H and O–H groups in total. The predicted octanol–water partition coefficient (Wildman–Crippen LogP) is 4.38. The van der Waals surface area contributed by atoms with Gasteiger partial charge in [0, 0.05) is 19.6 Å². The summed E-state index contributed by atoms with van der Waals surface area (Å²) < 4.78 is 25.5. The summed E-state index contributed by atoms with van der Waals surface area (Å²) in [5, 5.41) is 3.23. The summed E-state index contributed by atoms with van der Waals surface area (Å²) in [6, 6.07) is 8.04. The van der Waals surface area contributed by atoms with Crippen LogP contribution in [0.25, 0.3) is 0 Å². The largest absolute Gasteiger partial charge is 0.447 e. The first-order valence-electron chi connectivity index (χ1n) is 11.9. The Bertz CT molecular complexity index is 993. The fourth-order valence-electron chi connectivity index (χ4n) is 4.63. The highest BCUT2D eigenvalue weighted by Crippen LogP contribution is 2.29. The average molecular weight is 472 g/mol. The maximum atomic E-state index is 14.6. The second-order valence-electron chi connectivity index (χ2n) is 9.68. The summed E-state index contributed by atoms with van der Waals surface area (Å²) in [6.45, 7) is 13.1. The molecule has 2 aromatic rings. The van der Waals surface area contributed by atoms with E-state index in [2.05, 4.69) is 58.3 Å². The molecule has 4 atom stereocenters. The topological polar surface area (TPSA) is 79.8 Å². The Morgan fingerprint density at radius 1 is 1.15 bits per heavy atom. The van der Waals surface area contributed by atoms with Crippen molar-refractivity contribution >= 4 is 17.9 Å². The molecule has 0 aliphatic carbocycles. The third kappa shape index (κ3) is 5.47. The first-order chi connectivity index (χ1) is 16.2. The van der Waals surface area contributed by atoms with E-state index in [0.29, 0.717) is 0 Å². The Morgan fingerprint density at radius 2 is 1.82 bits per heavy atom. The smallest absolute Gasteiger partial charge is 0.416 e. The molecule has 4 rings (SSSR count). The number of amides is 1. The van der Waals surface area contributed by atoms with E-state index in [1.54, 1.807) is 0 Å². The summed E-state index contributed by atoms with van der Waals surface area (Å²) in [5.41, 5.74) is 2.30. The fourth-order valence-corrected chi connectivity index (χ4v) is 4.63. The van der Waals surface area contributed by atoms with Crippen LogP contribution < -0.4 is 10.2 Å². The van der Waals surface area contributed by atoms with Gasteiger partial charge in [-0.15, -0.1) is 0 Å². The van der Waals surface area contributed by atoms with Crippen molar-refractivity contribution in [3.05, 3.63) is 47.4 Å². The molecule has 1 aromatic heterocycles. The molecule has 2 fully saturated rings. The minimum atomic E-state index is -0.654. The second-order valence-corrected chi connectivity index (χ2v) is 9.68. The van der Waals surface area contributed by atoms with Crippen molar-refractivity contribution in [1.29, 1.82) is 0 Å². The van der Waals surface area contributed by atoms with Crippen LogP contribution >= 0.6 is 0 Å². The first kappa shape index (κ1) is 24.3. The molecule has 8 nitrogen and oxygen atoms in total. The Labute approximate surface area is 200 Å². The monoisotopic (exact) mass is 471 g/mol. The van der Waals surface area contributed by atoms with Crippen LogP contribution in [0.2, 0.25) is 0 Å². The third-order valence-electron chi connectivity index (χ3n) is 6.36. The normalized spacial score (nSPS) is 24.4. The van der Waals surface area contributed by atoms with E-state index in [-0.39, 0.29) is 48.6 Å². The lowest BCUT2D eigenvalue weighted by Crippen LogP contribution is -2.44. The minimum Gasteiger partial charge on any atom is -0.447 e. The number of ether oxygens (including phenoxy) is 2. The highest BCUT2D eigenvalue weighted by atomic mass is 19.1. The van der Waals surface area contributed by atoms with Crippen molar-refractivity contribution in [2.75, 3.05) is 29.9 Å². The standard InChI is InChI=1S/C25H34FN5O3/c1-15(2)22-14-33-25(32)31(22)23-21(26)10-27-24(29-23)28-18(5)20-8-6-19(7-9-20)13-30-11-16(3)34-17(4)12-30/h6-10,15-18,22H,11-14H2,1-5H3,(H,27,28,29). The number of benzene rings is 1. The van der Waals surface area contributed by atoms with Crippen LogP contribution in [0, 0.1) is 11.7 Å². The van der Waals surface area contributed by atoms with Gasteiger partial charge in [0.25, 0.3) is 0 Å². The molecular weight excluding hydrogens is 437 g/mol. The van der Waals surface area contributed by atoms with Crippen LogP contribution in [0.4, 0.5) is 21.0 Å². The number of morpholine rings is 1. The molecule has 34 heavy (non-hydrogen) atoms. The first-order valence-corrected chi connectivity index (χ1v) is 11.9.